The van der Waals surface area contributed by atoms with Gasteiger partial charge in [-0.3, -0.25) is 4.72 Å². The second kappa shape index (κ2) is 6.14. The Morgan fingerprint density at radius 1 is 1.24 bits per heavy atom. The van der Waals surface area contributed by atoms with Gasteiger partial charge in [-0.1, -0.05) is 23.7 Å². The van der Waals surface area contributed by atoms with Crippen molar-refractivity contribution in [3.05, 3.63) is 58.6 Å². The Labute approximate surface area is 128 Å². The van der Waals surface area contributed by atoms with Crippen molar-refractivity contribution in [3.8, 4) is 6.07 Å². The summed E-state index contributed by atoms with van der Waals surface area (Å²) in [5.74, 6) is 0. The highest BCUT2D eigenvalue weighted by Crippen LogP contribution is 2.23. The monoisotopic (exact) mass is 321 g/mol. The third-order valence-corrected chi connectivity index (χ3v) is 4.42. The summed E-state index contributed by atoms with van der Waals surface area (Å²) in [7, 11) is -3.90. The van der Waals surface area contributed by atoms with Crippen LogP contribution in [-0.4, -0.2) is 8.42 Å². The molecule has 2 aromatic carbocycles. The summed E-state index contributed by atoms with van der Waals surface area (Å²) in [6.45, 7) is 0.302. The quantitative estimate of drug-likeness (QED) is 0.904. The van der Waals surface area contributed by atoms with Crippen LogP contribution in [0.1, 0.15) is 11.1 Å². The molecule has 21 heavy (non-hydrogen) atoms. The highest BCUT2D eigenvalue weighted by atomic mass is 35.5. The molecule has 7 heteroatoms. The second-order valence-corrected chi connectivity index (χ2v) is 6.35. The minimum atomic E-state index is -3.90. The average molecular weight is 322 g/mol. The van der Waals surface area contributed by atoms with E-state index < -0.39 is 10.0 Å². The molecular formula is C14H12ClN3O2S. The van der Waals surface area contributed by atoms with E-state index in [0.717, 1.165) is 5.56 Å². The molecule has 0 aliphatic rings. The van der Waals surface area contributed by atoms with E-state index in [1.54, 1.807) is 24.3 Å². The van der Waals surface area contributed by atoms with Crippen molar-refractivity contribution < 1.29 is 8.42 Å². The van der Waals surface area contributed by atoms with E-state index >= 15 is 0 Å². The van der Waals surface area contributed by atoms with E-state index in [-0.39, 0.29) is 15.5 Å². The Hall–Kier alpha value is -2.07. The van der Waals surface area contributed by atoms with E-state index in [0.29, 0.717) is 12.2 Å². The maximum atomic E-state index is 12.4. The number of anilines is 1. The molecule has 0 heterocycles. The van der Waals surface area contributed by atoms with E-state index in [1.165, 1.54) is 18.2 Å². The van der Waals surface area contributed by atoms with Crippen LogP contribution >= 0.6 is 11.6 Å². The van der Waals surface area contributed by atoms with Crippen LogP contribution in [0.25, 0.3) is 0 Å². The van der Waals surface area contributed by atoms with E-state index in [1.807, 2.05) is 6.07 Å². The first-order valence-corrected chi connectivity index (χ1v) is 7.84. The third-order valence-electron chi connectivity index (χ3n) is 2.77. The molecule has 0 fully saturated rings. The zero-order valence-electron chi connectivity index (χ0n) is 10.9. The molecule has 0 saturated carbocycles. The van der Waals surface area contributed by atoms with Gasteiger partial charge in [0.15, 0.2) is 0 Å². The summed E-state index contributed by atoms with van der Waals surface area (Å²) in [5, 5.41) is 9.26. The van der Waals surface area contributed by atoms with Crippen molar-refractivity contribution in [1.29, 1.82) is 5.26 Å². The van der Waals surface area contributed by atoms with E-state index in [4.69, 9.17) is 22.6 Å². The van der Waals surface area contributed by atoms with E-state index in [9.17, 15) is 8.42 Å². The first-order valence-electron chi connectivity index (χ1n) is 5.98. The minimum absolute atomic E-state index is 0.0295. The van der Waals surface area contributed by atoms with Crippen LogP contribution in [0, 0.1) is 11.3 Å². The predicted octanol–water partition coefficient (Wildman–Crippen LogP) is 2.47. The number of hydrogen-bond acceptors (Lipinski definition) is 4. The molecule has 0 spiro atoms. The standard InChI is InChI=1S/C14H12ClN3O2S/c15-12-5-4-11(9-17)14(7-12)21(19,20)18-13-3-1-2-10(6-13)8-16/h1-7,18H,8,16H2. The molecule has 0 aliphatic heterocycles. The molecule has 3 N–H and O–H groups in total. The van der Waals surface area contributed by atoms with Crippen LogP contribution in [0.2, 0.25) is 5.02 Å². The van der Waals surface area contributed by atoms with Gasteiger partial charge in [0.2, 0.25) is 0 Å². The summed E-state index contributed by atoms with van der Waals surface area (Å²) in [6.07, 6.45) is 0. The number of sulfonamides is 1. The first-order chi connectivity index (χ1) is 9.96. The number of halogens is 1. The smallest absolute Gasteiger partial charge is 0.263 e. The number of nitrogens with one attached hydrogen (secondary N) is 1. The van der Waals surface area contributed by atoms with Gasteiger partial charge in [0.05, 0.1) is 5.56 Å². The maximum absolute atomic E-state index is 12.4. The zero-order chi connectivity index (χ0) is 15.5. The molecule has 2 aromatic rings. The summed E-state index contributed by atoms with van der Waals surface area (Å²) < 4.78 is 27.2. The van der Waals surface area contributed by atoms with Gasteiger partial charge in [-0.2, -0.15) is 5.26 Å². The maximum Gasteiger partial charge on any atom is 0.263 e. The highest BCUT2D eigenvalue weighted by Gasteiger charge is 2.19. The van der Waals surface area contributed by atoms with Crippen molar-refractivity contribution in [3.63, 3.8) is 0 Å². The van der Waals surface area contributed by atoms with Gasteiger partial charge < -0.3 is 5.73 Å². The molecule has 5 nitrogen and oxygen atoms in total. The second-order valence-electron chi connectivity index (χ2n) is 4.26. The zero-order valence-corrected chi connectivity index (χ0v) is 12.4. The summed E-state index contributed by atoms with van der Waals surface area (Å²) in [6, 6.07) is 12.6. The Morgan fingerprint density at radius 2 is 2.00 bits per heavy atom. The van der Waals surface area contributed by atoms with Crippen LogP contribution < -0.4 is 10.5 Å². The van der Waals surface area contributed by atoms with Gasteiger partial charge in [0, 0.05) is 17.3 Å². The fourth-order valence-electron chi connectivity index (χ4n) is 1.78. The Morgan fingerprint density at radius 3 is 2.67 bits per heavy atom. The first kappa shape index (κ1) is 15.3. The molecule has 0 aliphatic carbocycles. The number of nitrogens with zero attached hydrogens (tertiary/aromatic N) is 1. The lowest BCUT2D eigenvalue weighted by atomic mass is 10.2. The fraction of sp³-hybridized carbons (Fsp3) is 0.0714. The third kappa shape index (κ3) is 3.52. The van der Waals surface area contributed by atoms with Crippen LogP contribution in [0.3, 0.4) is 0 Å². The lowest BCUT2D eigenvalue weighted by Gasteiger charge is -2.10. The fourth-order valence-corrected chi connectivity index (χ4v) is 3.25. The van der Waals surface area contributed by atoms with Crippen molar-refractivity contribution >= 4 is 27.3 Å². The Kier molecular flexibility index (Phi) is 4.48. The van der Waals surface area contributed by atoms with Gasteiger partial charge >= 0.3 is 0 Å². The summed E-state index contributed by atoms with van der Waals surface area (Å²) in [4.78, 5) is -0.157. The van der Waals surface area contributed by atoms with Crippen molar-refractivity contribution in [2.45, 2.75) is 11.4 Å². The molecule has 0 amide bonds. The molecule has 0 radical (unpaired) electrons. The van der Waals surface area contributed by atoms with Crippen LogP contribution in [0.15, 0.2) is 47.4 Å². The van der Waals surface area contributed by atoms with Gasteiger partial charge in [-0.25, -0.2) is 8.42 Å². The molecule has 0 saturated heterocycles. The number of hydrogen-bond donors (Lipinski definition) is 2. The van der Waals surface area contributed by atoms with Gasteiger partial charge in [0.25, 0.3) is 10.0 Å². The van der Waals surface area contributed by atoms with Gasteiger partial charge in [-0.05, 0) is 35.9 Å². The lowest BCUT2D eigenvalue weighted by Crippen LogP contribution is -2.14. The molecule has 108 valence electrons. The summed E-state index contributed by atoms with van der Waals surface area (Å²) >= 11 is 5.81. The highest BCUT2D eigenvalue weighted by molar-refractivity contribution is 7.92. The van der Waals surface area contributed by atoms with Gasteiger partial charge in [0.1, 0.15) is 11.0 Å². The predicted molar refractivity (Wildman–Crippen MR) is 81.3 cm³/mol. The van der Waals surface area contributed by atoms with Crippen molar-refractivity contribution in [2.24, 2.45) is 5.73 Å². The normalized spacial score (nSPS) is 10.9. The average Bonchev–Trinajstić information content (AvgIpc) is 2.47. The van der Waals surface area contributed by atoms with Crippen LogP contribution in [0.5, 0.6) is 0 Å². The lowest BCUT2D eigenvalue weighted by molar-refractivity contribution is 0.601. The minimum Gasteiger partial charge on any atom is -0.326 e. The molecular weight excluding hydrogens is 310 g/mol. The van der Waals surface area contributed by atoms with E-state index in [2.05, 4.69) is 4.72 Å². The molecule has 0 aromatic heterocycles. The number of benzene rings is 2. The topological polar surface area (TPSA) is 96.0 Å². The molecule has 0 bridgehead atoms. The molecule has 2 rings (SSSR count). The molecule has 0 unspecified atom stereocenters. The van der Waals surface area contributed by atoms with Crippen molar-refractivity contribution in [1.82, 2.24) is 0 Å². The SMILES string of the molecule is N#Cc1ccc(Cl)cc1S(=O)(=O)Nc1cccc(CN)c1. The number of nitriles is 1. The van der Waals surface area contributed by atoms with Crippen molar-refractivity contribution in [2.75, 3.05) is 4.72 Å². The molecule has 0 atom stereocenters. The van der Waals surface area contributed by atoms with Crippen LogP contribution in [-0.2, 0) is 16.6 Å². The Bertz CT molecular complexity index is 813. The number of rotatable bonds is 4. The van der Waals surface area contributed by atoms with Gasteiger partial charge in [-0.15, -0.1) is 0 Å². The summed E-state index contributed by atoms with van der Waals surface area (Å²) in [5.41, 5.74) is 6.72. The Balaban J connectivity index is 2.43. The largest absolute Gasteiger partial charge is 0.326 e. The number of nitrogens with two attached hydrogens (primary N) is 1. The van der Waals surface area contributed by atoms with Crippen LogP contribution in [0.4, 0.5) is 5.69 Å².